The van der Waals surface area contributed by atoms with Gasteiger partial charge in [0.25, 0.3) is 5.79 Å². The number of carbonyl (C=O) groups excluding carboxylic acids is 1. The van der Waals surface area contributed by atoms with Crippen molar-refractivity contribution in [2.45, 2.75) is 32.2 Å². The van der Waals surface area contributed by atoms with Crippen molar-refractivity contribution in [1.82, 2.24) is 8.75 Å². The molecule has 0 saturated carbocycles. The number of aliphatic hydroxyl groups is 1. The maximum absolute atomic E-state index is 13.1. The quantitative estimate of drug-likeness (QED) is 0.435. The van der Waals surface area contributed by atoms with E-state index in [4.69, 9.17) is 13.9 Å². The Balaban J connectivity index is 1.63. The third kappa shape index (κ3) is 3.57. The van der Waals surface area contributed by atoms with E-state index >= 15 is 0 Å². The predicted octanol–water partition coefficient (Wildman–Crippen LogP) is 4.47. The number of ether oxygens (including phenoxy) is 2. The molecule has 0 spiro atoms. The summed E-state index contributed by atoms with van der Waals surface area (Å²) >= 11 is 1.10. The van der Waals surface area contributed by atoms with Crippen molar-refractivity contribution in [3.8, 4) is 5.75 Å². The van der Waals surface area contributed by atoms with Crippen molar-refractivity contribution in [1.29, 1.82) is 0 Å². The van der Waals surface area contributed by atoms with Crippen molar-refractivity contribution >= 4 is 34.3 Å². The molecule has 1 aliphatic heterocycles. The number of furan rings is 1. The fraction of sp³-hybridized carbons (Fsp3) is 0.208. The van der Waals surface area contributed by atoms with Gasteiger partial charge < -0.3 is 19.0 Å². The molecule has 0 saturated heterocycles. The second kappa shape index (κ2) is 7.89. The second-order valence-electron chi connectivity index (χ2n) is 7.80. The number of cyclic esters (lactones) is 1. The van der Waals surface area contributed by atoms with Crippen LogP contribution in [0.5, 0.6) is 5.75 Å². The van der Waals surface area contributed by atoms with Crippen LogP contribution in [0.3, 0.4) is 0 Å². The Bertz CT molecular complexity index is 1310. The largest absolute Gasteiger partial charge is 0.491 e. The van der Waals surface area contributed by atoms with Gasteiger partial charge in [-0.3, -0.25) is 0 Å². The Labute approximate surface area is 188 Å². The lowest BCUT2D eigenvalue weighted by Gasteiger charge is -2.25. The number of hydrogen-bond donors (Lipinski definition) is 1. The van der Waals surface area contributed by atoms with Crippen LogP contribution in [0, 0.1) is 0 Å². The van der Waals surface area contributed by atoms with E-state index in [1.165, 1.54) is 0 Å². The van der Waals surface area contributed by atoms with E-state index in [0.717, 1.165) is 17.2 Å². The van der Waals surface area contributed by atoms with Gasteiger partial charge in [0.1, 0.15) is 22.5 Å². The first-order valence-electron chi connectivity index (χ1n) is 10.2. The van der Waals surface area contributed by atoms with Crippen LogP contribution in [-0.4, -0.2) is 25.9 Å². The highest BCUT2D eigenvalue weighted by Gasteiger charge is 2.48. The lowest BCUT2D eigenvalue weighted by atomic mass is 9.89. The molecular formula is C24H20N2O5S. The van der Waals surface area contributed by atoms with E-state index in [2.05, 4.69) is 8.75 Å². The van der Waals surface area contributed by atoms with Crippen molar-refractivity contribution in [2.75, 3.05) is 0 Å². The number of esters is 1. The fourth-order valence-corrected chi connectivity index (χ4v) is 4.35. The van der Waals surface area contributed by atoms with Crippen LogP contribution in [-0.2, 0) is 21.7 Å². The van der Waals surface area contributed by atoms with Crippen molar-refractivity contribution in [3.63, 3.8) is 0 Å². The van der Waals surface area contributed by atoms with Crippen LogP contribution in [0.2, 0.25) is 0 Å². The topological polar surface area (TPSA) is 94.7 Å². The van der Waals surface area contributed by atoms with E-state index < -0.39 is 11.8 Å². The molecule has 1 N–H and O–H groups in total. The predicted molar refractivity (Wildman–Crippen MR) is 119 cm³/mol. The van der Waals surface area contributed by atoms with Crippen molar-refractivity contribution in [2.24, 2.45) is 0 Å². The van der Waals surface area contributed by atoms with Crippen LogP contribution in [0.4, 0.5) is 0 Å². The first-order chi connectivity index (χ1) is 15.4. The molecule has 2 aromatic carbocycles. The summed E-state index contributed by atoms with van der Waals surface area (Å²) in [5.74, 6) is -1.29. The van der Waals surface area contributed by atoms with Gasteiger partial charge in [0, 0.05) is 17.6 Å². The van der Waals surface area contributed by atoms with Crippen LogP contribution in [0.15, 0.2) is 70.9 Å². The van der Waals surface area contributed by atoms with Gasteiger partial charge in [0.15, 0.2) is 0 Å². The summed E-state index contributed by atoms with van der Waals surface area (Å²) in [4.78, 5) is 13.1. The molecule has 5 rings (SSSR count). The molecule has 3 heterocycles. The molecule has 162 valence electrons. The third-order valence-corrected chi connectivity index (χ3v) is 5.80. The number of nitrogens with zero attached hydrogens (tertiary/aromatic N) is 2. The maximum Gasteiger partial charge on any atom is 0.342 e. The Morgan fingerprint density at radius 3 is 2.59 bits per heavy atom. The number of benzene rings is 2. The summed E-state index contributed by atoms with van der Waals surface area (Å²) in [7, 11) is 0. The number of hydrogen-bond acceptors (Lipinski definition) is 8. The van der Waals surface area contributed by atoms with Crippen LogP contribution in [0.25, 0.3) is 16.6 Å². The summed E-state index contributed by atoms with van der Waals surface area (Å²) in [6, 6.07) is 15.8. The number of fused-ring (bicyclic) bond motifs is 1. The molecule has 7 nitrogen and oxygen atoms in total. The monoisotopic (exact) mass is 448 g/mol. The Morgan fingerprint density at radius 2 is 1.88 bits per heavy atom. The Kier molecular flexibility index (Phi) is 5.03. The zero-order chi connectivity index (χ0) is 22.3. The van der Waals surface area contributed by atoms with Gasteiger partial charge in [-0.1, -0.05) is 6.07 Å². The molecule has 32 heavy (non-hydrogen) atoms. The zero-order valence-corrected chi connectivity index (χ0v) is 18.3. The minimum absolute atomic E-state index is 0.0179. The highest BCUT2D eigenvalue weighted by Crippen LogP contribution is 2.45. The molecule has 1 aliphatic rings. The first-order valence-corrected chi connectivity index (χ1v) is 10.9. The summed E-state index contributed by atoms with van der Waals surface area (Å²) in [5.41, 5.74) is 3.14. The smallest absolute Gasteiger partial charge is 0.342 e. The van der Waals surface area contributed by atoms with Crippen LogP contribution < -0.4 is 4.74 Å². The lowest BCUT2D eigenvalue weighted by Crippen LogP contribution is -2.29. The van der Waals surface area contributed by atoms with Crippen molar-refractivity contribution < 1.29 is 23.8 Å². The minimum Gasteiger partial charge on any atom is -0.491 e. The SMILES string of the molecule is CC(C)Oc1ccc(C2(O)OC(=O)C(c3ccc4nsnc4c3)=C2Cc2ccco2)cc1. The Morgan fingerprint density at radius 1 is 1.09 bits per heavy atom. The van der Waals surface area contributed by atoms with E-state index in [0.29, 0.717) is 39.3 Å². The minimum atomic E-state index is -1.94. The molecule has 0 bridgehead atoms. The van der Waals surface area contributed by atoms with Gasteiger partial charge in [-0.05, 0) is 67.9 Å². The maximum atomic E-state index is 13.1. The van der Waals surface area contributed by atoms with Crippen LogP contribution >= 0.6 is 11.7 Å². The molecule has 1 atom stereocenters. The Hall–Kier alpha value is -3.49. The van der Waals surface area contributed by atoms with E-state index in [-0.39, 0.29) is 12.5 Å². The summed E-state index contributed by atoms with van der Waals surface area (Å²) < 4.78 is 25.3. The molecule has 2 aromatic heterocycles. The second-order valence-corrected chi connectivity index (χ2v) is 8.33. The summed E-state index contributed by atoms with van der Waals surface area (Å²) in [6.07, 6.45) is 1.77. The normalized spacial score (nSPS) is 18.6. The third-order valence-electron chi connectivity index (χ3n) is 5.25. The van der Waals surface area contributed by atoms with Gasteiger partial charge in [0.05, 0.1) is 29.7 Å². The lowest BCUT2D eigenvalue weighted by molar-refractivity contribution is -0.185. The summed E-state index contributed by atoms with van der Waals surface area (Å²) in [6.45, 7) is 3.87. The van der Waals surface area contributed by atoms with Gasteiger partial charge in [-0.15, -0.1) is 0 Å². The molecule has 0 fully saturated rings. The van der Waals surface area contributed by atoms with Crippen molar-refractivity contribution in [3.05, 3.63) is 83.3 Å². The summed E-state index contributed by atoms with van der Waals surface area (Å²) in [5, 5.41) is 11.7. The molecule has 0 amide bonds. The van der Waals surface area contributed by atoms with Gasteiger partial charge in [-0.25, -0.2) is 4.79 Å². The van der Waals surface area contributed by atoms with E-state index in [1.807, 2.05) is 13.8 Å². The van der Waals surface area contributed by atoms with Gasteiger partial charge in [0.2, 0.25) is 0 Å². The molecule has 4 aromatic rings. The number of carbonyl (C=O) groups is 1. The highest BCUT2D eigenvalue weighted by molar-refractivity contribution is 7.00. The molecule has 0 aliphatic carbocycles. The zero-order valence-electron chi connectivity index (χ0n) is 17.4. The average molecular weight is 449 g/mol. The first kappa shape index (κ1) is 20.4. The molecule has 8 heteroatoms. The van der Waals surface area contributed by atoms with Gasteiger partial charge >= 0.3 is 5.97 Å². The number of rotatable bonds is 6. The fourth-order valence-electron chi connectivity index (χ4n) is 3.83. The van der Waals surface area contributed by atoms with E-state index in [9.17, 15) is 9.90 Å². The molecule has 1 unspecified atom stereocenters. The molecule has 0 radical (unpaired) electrons. The van der Waals surface area contributed by atoms with E-state index in [1.54, 1.807) is 60.9 Å². The van der Waals surface area contributed by atoms with Crippen LogP contribution in [0.1, 0.15) is 30.7 Å². The van der Waals surface area contributed by atoms with Gasteiger partial charge in [-0.2, -0.15) is 8.75 Å². The average Bonchev–Trinajstić information content (AvgIpc) is 3.49. The standard InChI is InChI=1S/C24H20N2O5S/c1-14(2)30-17-8-6-16(7-9-17)24(28)19(13-18-4-3-11-29-18)22(23(27)31-24)15-5-10-20-21(12-15)26-32-25-20/h3-12,14,28H,13H2,1-2H3. The molecular weight excluding hydrogens is 428 g/mol. The number of aromatic nitrogens is 2. The highest BCUT2D eigenvalue weighted by atomic mass is 32.1.